The molecule has 1 heterocycles. The van der Waals surface area contributed by atoms with Gasteiger partial charge in [-0.05, 0) is 37.1 Å². The first kappa shape index (κ1) is 13.8. The molecular weight excluding hydrogens is 261 g/mol. The first-order valence-electron chi connectivity index (χ1n) is 5.90. The second kappa shape index (κ2) is 5.56. The van der Waals surface area contributed by atoms with Crippen molar-refractivity contribution in [2.24, 2.45) is 10.9 Å². The second-order valence-electron chi connectivity index (χ2n) is 4.31. The van der Waals surface area contributed by atoms with Crippen LogP contribution in [0.4, 0.5) is 4.39 Å². The van der Waals surface area contributed by atoms with Crippen molar-refractivity contribution in [3.8, 4) is 11.6 Å². The van der Waals surface area contributed by atoms with Crippen LogP contribution in [0.3, 0.4) is 0 Å². The Morgan fingerprint density at radius 2 is 2.05 bits per heavy atom. The molecule has 2 rings (SSSR count). The highest BCUT2D eigenvalue weighted by molar-refractivity contribution is 6.00. The van der Waals surface area contributed by atoms with Gasteiger partial charge in [0.1, 0.15) is 11.6 Å². The minimum absolute atomic E-state index is 0.113. The molecule has 5 nitrogen and oxygen atoms in total. The van der Waals surface area contributed by atoms with Crippen molar-refractivity contribution in [3.63, 3.8) is 0 Å². The molecule has 0 radical (unpaired) electrons. The van der Waals surface area contributed by atoms with Gasteiger partial charge in [0.2, 0.25) is 5.88 Å². The lowest BCUT2D eigenvalue weighted by Gasteiger charge is -2.11. The Bertz CT molecular complexity index is 671. The van der Waals surface area contributed by atoms with Crippen LogP contribution in [0.25, 0.3) is 0 Å². The molecule has 0 atom stereocenters. The zero-order valence-electron chi connectivity index (χ0n) is 11.1. The number of hydrogen-bond acceptors (Lipinski definition) is 4. The van der Waals surface area contributed by atoms with E-state index in [1.807, 2.05) is 0 Å². The van der Waals surface area contributed by atoms with Gasteiger partial charge in [-0.3, -0.25) is 0 Å². The SMILES string of the molecule is Cc1ccc(Oc2nccc(C)c2/C(N)=N/O)cc1F. The van der Waals surface area contributed by atoms with Gasteiger partial charge in [0.05, 0.1) is 5.56 Å². The molecule has 1 aromatic heterocycles. The minimum atomic E-state index is -0.375. The molecule has 2 aromatic rings. The molecule has 0 saturated heterocycles. The monoisotopic (exact) mass is 275 g/mol. The molecule has 0 amide bonds. The average molecular weight is 275 g/mol. The van der Waals surface area contributed by atoms with E-state index in [4.69, 9.17) is 15.7 Å². The molecule has 0 aliphatic heterocycles. The maximum Gasteiger partial charge on any atom is 0.230 e. The molecule has 0 spiro atoms. The van der Waals surface area contributed by atoms with Gasteiger partial charge in [-0.25, -0.2) is 9.37 Å². The van der Waals surface area contributed by atoms with Crippen LogP contribution in [-0.4, -0.2) is 16.0 Å². The van der Waals surface area contributed by atoms with Gasteiger partial charge in [-0.1, -0.05) is 11.2 Å². The minimum Gasteiger partial charge on any atom is -0.438 e. The molecule has 20 heavy (non-hydrogen) atoms. The number of halogens is 1. The number of rotatable bonds is 3. The van der Waals surface area contributed by atoms with Crippen LogP contribution in [0.2, 0.25) is 0 Å². The predicted octanol–water partition coefficient (Wildman–Crippen LogP) is 2.72. The van der Waals surface area contributed by atoms with E-state index in [9.17, 15) is 4.39 Å². The normalized spacial score (nSPS) is 11.4. The van der Waals surface area contributed by atoms with E-state index < -0.39 is 0 Å². The Kier molecular flexibility index (Phi) is 3.84. The zero-order valence-corrected chi connectivity index (χ0v) is 11.1. The van der Waals surface area contributed by atoms with Gasteiger partial charge in [-0.2, -0.15) is 0 Å². The summed E-state index contributed by atoms with van der Waals surface area (Å²) < 4.78 is 19.0. The van der Waals surface area contributed by atoms with Crippen molar-refractivity contribution < 1.29 is 14.3 Å². The molecule has 0 fully saturated rings. The van der Waals surface area contributed by atoms with Crippen LogP contribution in [0.1, 0.15) is 16.7 Å². The number of hydrogen-bond donors (Lipinski definition) is 2. The summed E-state index contributed by atoms with van der Waals surface area (Å²) in [6.07, 6.45) is 1.53. The fourth-order valence-corrected chi connectivity index (χ4v) is 1.72. The number of ether oxygens (including phenoxy) is 1. The average Bonchev–Trinajstić information content (AvgIpc) is 2.42. The quantitative estimate of drug-likeness (QED) is 0.390. The number of nitrogens with zero attached hydrogens (tertiary/aromatic N) is 2. The van der Waals surface area contributed by atoms with Crippen molar-refractivity contribution in [3.05, 3.63) is 53.0 Å². The van der Waals surface area contributed by atoms with Crippen LogP contribution in [0.15, 0.2) is 35.6 Å². The van der Waals surface area contributed by atoms with E-state index in [0.29, 0.717) is 11.1 Å². The summed E-state index contributed by atoms with van der Waals surface area (Å²) in [6.45, 7) is 3.43. The number of amidine groups is 1. The molecule has 104 valence electrons. The van der Waals surface area contributed by atoms with Gasteiger partial charge in [0.25, 0.3) is 0 Å². The first-order chi connectivity index (χ1) is 9.52. The highest BCUT2D eigenvalue weighted by Crippen LogP contribution is 2.26. The Labute approximate surface area is 115 Å². The van der Waals surface area contributed by atoms with Crippen molar-refractivity contribution in [2.45, 2.75) is 13.8 Å². The third-order valence-corrected chi connectivity index (χ3v) is 2.85. The fraction of sp³-hybridized carbons (Fsp3) is 0.143. The van der Waals surface area contributed by atoms with Crippen molar-refractivity contribution in [2.75, 3.05) is 0 Å². The van der Waals surface area contributed by atoms with Crippen molar-refractivity contribution >= 4 is 5.84 Å². The smallest absolute Gasteiger partial charge is 0.230 e. The van der Waals surface area contributed by atoms with E-state index in [0.717, 1.165) is 5.56 Å². The second-order valence-corrected chi connectivity index (χ2v) is 4.31. The van der Waals surface area contributed by atoms with E-state index in [1.54, 1.807) is 32.0 Å². The lowest BCUT2D eigenvalue weighted by molar-refractivity contribution is 0.318. The highest BCUT2D eigenvalue weighted by atomic mass is 19.1. The van der Waals surface area contributed by atoms with Crippen LogP contribution < -0.4 is 10.5 Å². The molecule has 0 bridgehead atoms. The summed E-state index contributed by atoms with van der Waals surface area (Å²) in [7, 11) is 0. The maximum absolute atomic E-state index is 13.5. The molecule has 1 aromatic carbocycles. The Hall–Kier alpha value is -2.63. The lowest BCUT2D eigenvalue weighted by Crippen LogP contribution is -2.16. The fourth-order valence-electron chi connectivity index (χ4n) is 1.72. The molecule has 0 unspecified atom stereocenters. The number of oxime groups is 1. The Morgan fingerprint density at radius 3 is 2.70 bits per heavy atom. The van der Waals surface area contributed by atoms with Crippen molar-refractivity contribution in [1.29, 1.82) is 0 Å². The van der Waals surface area contributed by atoms with E-state index in [2.05, 4.69) is 10.1 Å². The van der Waals surface area contributed by atoms with Crippen LogP contribution in [0.5, 0.6) is 11.6 Å². The topological polar surface area (TPSA) is 80.7 Å². The first-order valence-corrected chi connectivity index (χ1v) is 5.90. The van der Waals surface area contributed by atoms with E-state index in [-0.39, 0.29) is 23.3 Å². The maximum atomic E-state index is 13.5. The lowest BCUT2D eigenvalue weighted by atomic mass is 10.1. The number of nitrogens with two attached hydrogens (primary N) is 1. The number of aryl methyl sites for hydroxylation is 2. The van der Waals surface area contributed by atoms with Gasteiger partial charge < -0.3 is 15.7 Å². The Morgan fingerprint density at radius 1 is 1.30 bits per heavy atom. The third kappa shape index (κ3) is 2.69. The summed E-state index contributed by atoms with van der Waals surface area (Å²) in [4.78, 5) is 4.04. The largest absolute Gasteiger partial charge is 0.438 e. The zero-order chi connectivity index (χ0) is 14.7. The van der Waals surface area contributed by atoms with E-state index in [1.165, 1.54) is 12.3 Å². The van der Waals surface area contributed by atoms with Crippen LogP contribution in [0, 0.1) is 19.7 Å². The summed E-state index contributed by atoms with van der Waals surface area (Å²) in [5, 5.41) is 11.8. The third-order valence-electron chi connectivity index (χ3n) is 2.85. The van der Waals surface area contributed by atoms with Gasteiger partial charge in [0, 0.05) is 12.3 Å². The van der Waals surface area contributed by atoms with Crippen molar-refractivity contribution in [1.82, 2.24) is 4.98 Å². The molecule has 6 heteroatoms. The van der Waals surface area contributed by atoms with Gasteiger partial charge in [-0.15, -0.1) is 0 Å². The van der Waals surface area contributed by atoms with Crippen LogP contribution in [-0.2, 0) is 0 Å². The number of pyridine rings is 1. The predicted molar refractivity (Wildman–Crippen MR) is 72.7 cm³/mol. The summed E-state index contributed by atoms with van der Waals surface area (Å²) in [5.41, 5.74) is 7.23. The highest BCUT2D eigenvalue weighted by Gasteiger charge is 2.14. The number of aromatic nitrogens is 1. The van der Waals surface area contributed by atoms with Gasteiger partial charge in [0.15, 0.2) is 5.84 Å². The summed E-state index contributed by atoms with van der Waals surface area (Å²) in [5.74, 6) is -0.0413. The molecule has 3 N–H and O–H groups in total. The summed E-state index contributed by atoms with van der Waals surface area (Å²) >= 11 is 0. The summed E-state index contributed by atoms with van der Waals surface area (Å²) in [6, 6.07) is 6.19. The molecule has 0 aliphatic rings. The van der Waals surface area contributed by atoms with Gasteiger partial charge >= 0.3 is 0 Å². The van der Waals surface area contributed by atoms with Crippen LogP contribution >= 0.6 is 0 Å². The number of benzene rings is 1. The Balaban J connectivity index is 2.43. The molecule has 0 aliphatic carbocycles. The molecular formula is C14H14FN3O2. The van der Waals surface area contributed by atoms with E-state index >= 15 is 0 Å². The standard InChI is InChI=1S/C14H14FN3O2/c1-8-3-4-10(7-11(8)15)20-14-12(13(16)18-19)9(2)5-6-17-14/h3-7,19H,1-2H3,(H2,16,18). The molecule has 0 saturated carbocycles.